The first kappa shape index (κ1) is 10.7. The Morgan fingerprint density at radius 1 is 1.27 bits per heavy atom. The van der Waals surface area contributed by atoms with Crippen LogP contribution in [-0.2, 0) is 0 Å². The summed E-state index contributed by atoms with van der Waals surface area (Å²) < 4.78 is 13.0. The standard InChI is InChI=1S/C10H17FN2O2/c11-8-3-5-12(6-8)9-2-1-4-13(7-9)10(14)15/h8-9H,1-7H2,(H,14,15)/t8-,9?/m0/s1. The van der Waals surface area contributed by atoms with Crippen molar-refractivity contribution < 1.29 is 14.3 Å². The summed E-state index contributed by atoms with van der Waals surface area (Å²) in [6.07, 6.45) is 0.922. The van der Waals surface area contributed by atoms with Crippen LogP contribution in [0.3, 0.4) is 0 Å². The van der Waals surface area contributed by atoms with Crippen LogP contribution >= 0.6 is 0 Å². The minimum absolute atomic E-state index is 0.232. The molecule has 0 aromatic heterocycles. The highest BCUT2D eigenvalue weighted by Gasteiger charge is 2.32. The Balaban J connectivity index is 1.90. The maximum atomic E-state index is 13.0. The number of rotatable bonds is 1. The monoisotopic (exact) mass is 216 g/mol. The molecule has 2 aliphatic heterocycles. The fourth-order valence-corrected chi connectivity index (χ4v) is 2.50. The lowest BCUT2D eigenvalue weighted by molar-refractivity contribution is 0.0939. The first-order valence-corrected chi connectivity index (χ1v) is 5.53. The number of alkyl halides is 1. The van der Waals surface area contributed by atoms with E-state index in [2.05, 4.69) is 4.90 Å². The molecule has 0 aromatic rings. The van der Waals surface area contributed by atoms with Gasteiger partial charge < -0.3 is 10.0 Å². The third kappa shape index (κ3) is 2.40. The molecule has 2 atom stereocenters. The number of likely N-dealkylation sites (tertiary alicyclic amines) is 2. The van der Waals surface area contributed by atoms with Gasteiger partial charge in [0.25, 0.3) is 0 Å². The summed E-state index contributed by atoms with van der Waals surface area (Å²) in [4.78, 5) is 14.4. The van der Waals surface area contributed by atoms with Gasteiger partial charge in [0.1, 0.15) is 6.17 Å². The van der Waals surface area contributed by atoms with Crippen molar-refractivity contribution in [3.05, 3.63) is 0 Å². The molecule has 0 bridgehead atoms. The van der Waals surface area contributed by atoms with Crippen LogP contribution in [0.1, 0.15) is 19.3 Å². The Morgan fingerprint density at radius 2 is 2.07 bits per heavy atom. The summed E-state index contributed by atoms with van der Waals surface area (Å²) in [5, 5.41) is 8.88. The molecule has 1 amide bonds. The van der Waals surface area contributed by atoms with Gasteiger partial charge in [-0.3, -0.25) is 4.90 Å². The summed E-state index contributed by atoms with van der Waals surface area (Å²) in [5.74, 6) is 0. The Morgan fingerprint density at radius 3 is 2.67 bits per heavy atom. The molecule has 0 radical (unpaired) electrons. The number of hydrogen-bond acceptors (Lipinski definition) is 2. The highest BCUT2D eigenvalue weighted by atomic mass is 19.1. The largest absolute Gasteiger partial charge is 0.465 e. The van der Waals surface area contributed by atoms with E-state index >= 15 is 0 Å². The van der Waals surface area contributed by atoms with Crippen LogP contribution in [-0.4, -0.2) is 59.4 Å². The van der Waals surface area contributed by atoms with Crippen molar-refractivity contribution in [1.82, 2.24) is 9.80 Å². The predicted molar refractivity (Wildman–Crippen MR) is 53.7 cm³/mol. The molecule has 0 spiro atoms. The van der Waals surface area contributed by atoms with Gasteiger partial charge in [0.15, 0.2) is 0 Å². The molecule has 2 heterocycles. The van der Waals surface area contributed by atoms with Gasteiger partial charge >= 0.3 is 6.09 Å². The fraction of sp³-hybridized carbons (Fsp3) is 0.900. The smallest absolute Gasteiger partial charge is 0.407 e. The number of hydrogen-bond donors (Lipinski definition) is 1. The molecule has 86 valence electrons. The van der Waals surface area contributed by atoms with Crippen LogP contribution in [0.5, 0.6) is 0 Å². The molecule has 2 rings (SSSR count). The van der Waals surface area contributed by atoms with E-state index in [0.717, 1.165) is 19.4 Å². The average molecular weight is 216 g/mol. The molecule has 0 aliphatic carbocycles. The van der Waals surface area contributed by atoms with Crippen molar-refractivity contribution in [2.75, 3.05) is 26.2 Å². The quantitative estimate of drug-likeness (QED) is 0.715. The van der Waals surface area contributed by atoms with Crippen molar-refractivity contribution >= 4 is 6.09 Å². The number of halogens is 1. The Labute approximate surface area is 88.7 Å². The van der Waals surface area contributed by atoms with E-state index < -0.39 is 12.3 Å². The van der Waals surface area contributed by atoms with Gasteiger partial charge in [0.05, 0.1) is 0 Å². The Kier molecular flexibility index (Phi) is 3.09. The molecule has 2 saturated heterocycles. The number of nitrogens with zero attached hydrogens (tertiary/aromatic N) is 2. The third-order valence-corrected chi connectivity index (χ3v) is 3.35. The van der Waals surface area contributed by atoms with Crippen LogP contribution in [0.15, 0.2) is 0 Å². The van der Waals surface area contributed by atoms with Crippen LogP contribution < -0.4 is 0 Å². The second-order valence-electron chi connectivity index (χ2n) is 4.41. The highest BCUT2D eigenvalue weighted by molar-refractivity contribution is 5.65. The van der Waals surface area contributed by atoms with Crippen molar-refractivity contribution in [3.8, 4) is 0 Å². The lowest BCUT2D eigenvalue weighted by Gasteiger charge is -2.36. The summed E-state index contributed by atoms with van der Waals surface area (Å²) in [6.45, 7) is 2.43. The molecule has 4 nitrogen and oxygen atoms in total. The SMILES string of the molecule is O=C(O)N1CCCC(N2CC[C@H](F)C2)C1. The normalized spacial score (nSPS) is 33.3. The summed E-state index contributed by atoms with van der Waals surface area (Å²) in [6, 6.07) is 0.232. The lowest BCUT2D eigenvalue weighted by Crippen LogP contribution is -2.48. The van der Waals surface area contributed by atoms with E-state index in [-0.39, 0.29) is 6.04 Å². The minimum atomic E-state index is -0.851. The van der Waals surface area contributed by atoms with Crippen molar-refractivity contribution in [2.45, 2.75) is 31.5 Å². The Hall–Kier alpha value is -0.840. The molecular weight excluding hydrogens is 199 g/mol. The molecule has 1 N–H and O–H groups in total. The van der Waals surface area contributed by atoms with Gasteiger partial charge in [-0.25, -0.2) is 9.18 Å². The van der Waals surface area contributed by atoms with Gasteiger partial charge in [-0.2, -0.15) is 0 Å². The van der Waals surface area contributed by atoms with E-state index in [4.69, 9.17) is 5.11 Å². The zero-order valence-electron chi connectivity index (χ0n) is 8.73. The van der Waals surface area contributed by atoms with Crippen molar-refractivity contribution in [1.29, 1.82) is 0 Å². The molecule has 0 saturated carbocycles. The van der Waals surface area contributed by atoms with Crippen LogP contribution in [0.4, 0.5) is 9.18 Å². The lowest BCUT2D eigenvalue weighted by atomic mass is 10.1. The topological polar surface area (TPSA) is 43.8 Å². The van der Waals surface area contributed by atoms with Crippen LogP contribution in [0.2, 0.25) is 0 Å². The predicted octanol–water partition coefficient (Wildman–Crippen LogP) is 1.17. The first-order chi connectivity index (χ1) is 7.16. The zero-order valence-corrected chi connectivity index (χ0v) is 8.73. The second-order valence-corrected chi connectivity index (χ2v) is 4.41. The van der Waals surface area contributed by atoms with Gasteiger partial charge in [-0.15, -0.1) is 0 Å². The van der Waals surface area contributed by atoms with E-state index in [9.17, 15) is 9.18 Å². The van der Waals surface area contributed by atoms with E-state index in [1.165, 1.54) is 4.90 Å². The van der Waals surface area contributed by atoms with E-state index in [1.807, 2.05) is 0 Å². The fourth-order valence-electron chi connectivity index (χ4n) is 2.50. The number of piperidine rings is 1. The number of amides is 1. The molecule has 5 heteroatoms. The maximum absolute atomic E-state index is 13.0. The van der Waals surface area contributed by atoms with Crippen molar-refractivity contribution in [2.24, 2.45) is 0 Å². The summed E-state index contributed by atoms with van der Waals surface area (Å²) in [5.41, 5.74) is 0. The first-order valence-electron chi connectivity index (χ1n) is 5.53. The highest BCUT2D eigenvalue weighted by Crippen LogP contribution is 2.21. The average Bonchev–Trinajstić information content (AvgIpc) is 2.65. The van der Waals surface area contributed by atoms with E-state index in [0.29, 0.717) is 26.1 Å². The van der Waals surface area contributed by atoms with Gasteiger partial charge in [0, 0.05) is 32.2 Å². The second kappa shape index (κ2) is 4.35. The molecular formula is C10H17FN2O2. The molecule has 2 fully saturated rings. The zero-order chi connectivity index (χ0) is 10.8. The molecule has 1 unspecified atom stereocenters. The third-order valence-electron chi connectivity index (χ3n) is 3.35. The molecule has 0 aromatic carbocycles. The molecule has 15 heavy (non-hydrogen) atoms. The maximum Gasteiger partial charge on any atom is 0.407 e. The van der Waals surface area contributed by atoms with Crippen LogP contribution in [0, 0.1) is 0 Å². The minimum Gasteiger partial charge on any atom is -0.465 e. The van der Waals surface area contributed by atoms with Crippen molar-refractivity contribution in [3.63, 3.8) is 0 Å². The Bertz CT molecular complexity index is 250. The van der Waals surface area contributed by atoms with Gasteiger partial charge in [-0.05, 0) is 19.3 Å². The number of carboxylic acid groups (broad SMARTS) is 1. The van der Waals surface area contributed by atoms with Crippen LogP contribution in [0.25, 0.3) is 0 Å². The van der Waals surface area contributed by atoms with E-state index in [1.54, 1.807) is 0 Å². The van der Waals surface area contributed by atoms with Gasteiger partial charge in [-0.1, -0.05) is 0 Å². The summed E-state index contributed by atoms with van der Waals surface area (Å²) in [7, 11) is 0. The molecule has 2 aliphatic rings. The summed E-state index contributed by atoms with van der Waals surface area (Å²) >= 11 is 0. The van der Waals surface area contributed by atoms with Gasteiger partial charge in [0.2, 0.25) is 0 Å². The number of carbonyl (C=O) groups is 1.